The standard InChI is InChI=1S/C29H26N4O5S/c1-19-7-4-5-10-24(19)28-32-33-29(39-28)31-27(34)21(18-30)15-20-11-12-25(26(16-20)36-3)38-14-13-37-23-9-6-8-22(17-23)35-2/h4-12,15-17H,13-14H2,1-3H3,(H,31,33,34). The molecule has 9 nitrogen and oxygen atoms in total. The number of carbonyl (C=O) groups excluding carboxylic acids is 1. The van der Waals surface area contributed by atoms with E-state index in [2.05, 4.69) is 15.5 Å². The maximum Gasteiger partial charge on any atom is 0.268 e. The number of amides is 1. The number of anilines is 1. The first-order valence-corrected chi connectivity index (χ1v) is 12.7. The van der Waals surface area contributed by atoms with Crippen LogP contribution in [0.15, 0.2) is 72.3 Å². The molecular weight excluding hydrogens is 516 g/mol. The predicted molar refractivity (Wildman–Crippen MR) is 149 cm³/mol. The van der Waals surface area contributed by atoms with Crippen LogP contribution in [0.5, 0.6) is 23.0 Å². The zero-order chi connectivity index (χ0) is 27.6. The highest BCUT2D eigenvalue weighted by atomic mass is 32.1. The van der Waals surface area contributed by atoms with Gasteiger partial charge in [-0.1, -0.05) is 47.7 Å². The Bertz CT molecular complexity index is 1530. The summed E-state index contributed by atoms with van der Waals surface area (Å²) in [5.41, 5.74) is 2.49. The number of hydrogen-bond donors (Lipinski definition) is 1. The smallest absolute Gasteiger partial charge is 0.268 e. The molecule has 0 saturated heterocycles. The lowest BCUT2D eigenvalue weighted by atomic mass is 10.1. The van der Waals surface area contributed by atoms with Crippen molar-refractivity contribution in [1.29, 1.82) is 5.26 Å². The fraction of sp³-hybridized carbons (Fsp3) is 0.172. The number of carbonyl (C=O) groups is 1. The number of aromatic nitrogens is 2. The fourth-order valence-corrected chi connectivity index (χ4v) is 4.40. The van der Waals surface area contributed by atoms with E-state index in [-0.39, 0.29) is 12.2 Å². The van der Waals surface area contributed by atoms with Gasteiger partial charge < -0.3 is 18.9 Å². The van der Waals surface area contributed by atoms with Crippen molar-refractivity contribution >= 4 is 28.5 Å². The Labute approximate surface area is 230 Å². The van der Waals surface area contributed by atoms with E-state index in [9.17, 15) is 10.1 Å². The Morgan fingerprint density at radius 3 is 2.51 bits per heavy atom. The minimum Gasteiger partial charge on any atom is -0.497 e. The molecule has 1 heterocycles. The van der Waals surface area contributed by atoms with E-state index in [4.69, 9.17) is 18.9 Å². The quantitative estimate of drug-likeness (QED) is 0.149. The second-order valence-electron chi connectivity index (χ2n) is 8.14. The lowest BCUT2D eigenvalue weighted by molar-refractivity contribution is -0.112. The van der Waals surface area contributed by atoms with Crippen LogP contribution in [-0.4, -0.2) is 43.5 Å². The van der Waals surface area contributed by atoms with Crippen LogP contribution in [0.4, 0.5) is 5.13 Å². The summed E-state index contributed by atoms with van der Waals surface area (Å²) >= 11 is 1.24. The lowest BCUT2D eigenvalue weighted by Crippen LogP contribution is -2.13. The molecule has 0 spiro atoms. The summed E-state index contributed by atoms with van der Waals surface area (Å²) in [5.74, 6) is 1.75. The Morgan fingerprint density at radius 2 is 1.74 bits per heavy atom. The van der Waals surface area contributed by atoms with Crippen LogP contribution in [0, 0.1) is 18.3 Å². The lowest BCUT2D eigenvalue weighted by Gasteiger charge is -2.12. The van der Waals surface area contributed by atoms with Gasteiger partial charge in [-0.2, -0.15) is 5.26 Å². The van der Waals surface area contributed by atoms with E-state index in [1.165, 1.54) is 24.5 Å². The van der Waals surface area contributed by atoms with Gasteiger partial charge in [0.1, 0.15) is 41.4 Å². The van der Waals surface area contributed by atoms with Crippen LogP contribution in [0.2, 0.25) is 0 Å². The zero-order valence-electron chi connectivity index (χ0n) is 21.6. The summed E-state index contributed by atoms with van der Waals surface area (Å²) < 4.78 is 22.1. The second-order valence-corrected chi connectivity index (χ2v) is 9.11. The number of benzene rings is 3. The van der Waals surface area contributed by atoms with Crippen LogP contribution < -0.4 is 24.3 Å². The highest BCUT2D eigenvalue weighted by molar-refractivity contribution is 7.18. The van der Waals surface area contributed by atoms with Crippen LogP contribution in [0.1, 0.15) is 11.1 Å². The van der Waals surface area contributed by atoms with Crippen molar-refractivity contribution in [2.24, 2.45) is 0 Å². The van der Waals surface area contributed by atoms with Gasteiger partial charge >= 0.3 is 0 Å². The molecule has 0 aliphatic heterocycles. The summed E-state index contributed by atoms with van der Waals surface area (Å²) in [6.07, 6.45) is 1.47. The molecule has 0 bridgehead atoms. The number of methoxy groups -OCH3 is 2. The minimum absolute atomic E-state index is 0.0925. The molecule has 39 heavy (non-hydrogen) atoms. The van der Waals surface area contributed by atoms with E-state index >= 15 is 0 Å². The Kier molecular flexibility index (Phi) is 9.11. The van der Waals surface area contributed by atoms with Crippen molar-refractivity contribution in [2.45, 2.75) is 6.92 Å². The van der Waals surface area contributed by atoms with Gasteiger partial charge in [0.25, 0.3) is 5.91 Å². The first kappa shape index (κ1) is 27.2. The number of rotatable bonds is 11. The third kappa shape index (κ3) is 7.12. The molecule has 4 aromatic rings. The molecular formula is C29H26N4O5S. The van der Waals surface area contributed by atoms with Crippen molar-refractivity contribution in [1.82, 2.24) is 10.2 Å². The molecule has 1 N–H and O–H groups in total. The number of nitriles is 1. The Balaban J connectivity index is 1.38. The molecule has 0 atom stereocenters. The molecule has 0 unspecified atom stereocenters. The number of hydrogen-bond acceptors (Lipinski definition) is 9. The summed E-state index contributed by atoms with van der Waals surface area (Å²) in [7, 11) is 3.11. The molecule has 0 fully saturated rings. The molecule has 1 amide bonds. The normalized spacial score (nSPS) is 10.9. The molecule has 3 aromatic carbocycles. The first-order chi connectivity index (χ1) is 19.0. The third-order valence-electron chi connectivity index (χ3n) is 5.54. The van der Waals surface area contributed by atoms with Crippen LogP contribution in [0.25, 0.3) is 16.6 Å². The van der Waals surface area contributed by atoms with Crippen molar-refractivity contribution in [3.63, 3.8) is 0 Å². The molecule has 4 rings (SSSR count). The van der Waals surface area contributed by atoms with Crippen LogP contribution in [0.3, 0.4) is 0 Å². The average molecular weight is 543 g/mol. The monoisotopic (exact) mass is 542 g/mol. The van der Waals surface area contributed by atoms with E-state index in [1.807, 2.05) is 55.5 Å². The number of ether oxygens (including phenoxy) is 4. The molecule has 198 valence electrons. The summed E-state index contributed by atoms with van der Waals surface area (Å²) in [5, 5.41) is 21.5. The van der Waals surface area contributed by atoms with Crippen LogP contribution >= 0.6 is 11.3 Å². The van der Waals surface area contributed by atoms with Gasteiger partial charge in [0.2, 0.25) is 5.13 Å². The van der Waals surface area contributed by atoms with Crippen molar-refractivity contribution in [2.75, 3.05) is 32.8 Å². The van der Waals surface area contributed by atoms with Gasteiger partial charge in [0, 0.05) is 11.6 Å². The Morgan fingerprint density at radius 1 is 0.949 bits per heavy atom. The van der Waals surface area contributed by atoms with Gasteiger partial charge in [-0.25, -0.2) is 0 Å². The maximum absolute atomic E-state index is 12.8. The molecule has 1 aromatic heterocycles. The maximum atomic E-state index is 12.8. The first-order valence-electron chi connectivity index (χ1n) is 11.9. The molecule has 0 aliphatic carbocycles. The minimum atomic E-state index is -0.584. The number of aryl methyl sites for hydroxylation is 1. The number of nitrogens with zero attached hydrogens (tertiary/aromatic N) is 3. The van der Waals surface area contributed by atoms with E-state index in [0.717, 1.165) is 11.1 Å². The Hall–Kier alpha value is -4.88. The predicted octanol–water partition coefficient (Wildman–Crippen LogP) is 5.53. The largest absolute Gasteiger partial charge is 0.497 e. The average Bonchev–Trinajstić information content (AvgIpc) is 3.42. The van der Waals surface area contributed by atoms with E-state index in [1.54, 1.807) is 31.4 Å². The zero-order valence-corrected chi connectivity index (χ0v) is 22.5. The van der Waals surface area contributed by atoms with Crippen molar-refractivity contribution < 1.29 is 23.7 Å². The second kappa shape index (κ2) is 13.1. The van der Waals surface area contributed by atoms with Crippen LogP contribution in [-0.2, 0) is 4.79 Å². The summed E-state index contributed by atoms with van der Waals surface area (Å²) in [4.78, 5) is 12.8. The third-order valence-corrected chi connectivity index (χ3v) is 6.41. The van der Waals surface area contributed by atoms with E-state index in [0.29, 0.717) is 45.3 Å². The number of nitrogens with one attached hydrogen (secondary N) is 1. The summed E-state index contributed by atoms with van der Waals surface area (Å²) in [6.45, 7) is 2.57. The fourth-order valence-electron chi connectivity index (χ4n) is 3.57. The highest BCUT2D eigenvalue weighted by Crippen LogP contribution is 2.30. The molecule has 0 saturated carbocycles. The SMILES string of the molecule is COc1cccc(OCCOc2ccc(C=C(C#N)C(=O)Nc3nnc(-c4ccccc4C)s3)cc2OC)c1. The molecule has 0 radical (unpaired) electrons. The molecule has 0 aliphatic rings. The summed E-state index contributed by atoms with van der Waals surface area (Å²) in [6, 6.07) is 22.2. The van der Waals surface area contributed by atoms with Crippen molar-refractivity contribution in [3.8, 4) is 39.6 Å². The molecule has 10 heteroatoms. The topological polar surface area (TPSA) is 116 Å². The van der Waals surface area contributed by atoms with Gasteiger partial charge in [0.05, 0.1) is 14.2 Å². The van der Waals surface area contributed by atoms with E-state index < -0.39 is 5.91 Å². The van der Waals surface area contributed by atoms with Gasteiger partial charge in [-0.15, -0.1) is 10.2 Å². The van der Waals surface area contributed by atoms with Gasteiger partial charge in [0.15, 0.2) is 11.5 Å². The van der Waals surface area contributed by atoms with Gasteiger partial charge in [-0.3, -0.25) is 10.1 Å². The van der Waals surface area contributed by atoms with Crippen molar-refractivity contribution in [3.05, 3.63) is 83.4 Å². The van der Waals surface area contributed by atoms with Gasteiger partial charge in [-0.05, 0) is 48.4 Å². The highest BCUT2D eigenvalue weighted by Gasteiger charge is 2.15.